The Morgan fingerprint density at radius 2 is 1.95 bits per heavy atom. The van der Waals surface area contributed by atoms with E-state index in [-0.39, 0.29) is 11.5 Å². The van der Waals surface area contributed by atoms with Crippen LogP contribution in [0.25, 0.3) is 0 Å². The molecule has 1 aromatic carbocycles. The van der Waals surface area contributed by atoms with Crippen LogP contribution >= 0.6 is 0 Å². The summed E-state index contributed by atoms with van der Waals surface area (Å²) in [6.07, 6.45) is 2.33. The fraction of sp³-hybridized carbons (Fsp3) is 0.308. The van der Waals surface area contributed by atoms with Gasteiger partial charge in [-0.2, -0.15) is 0 Å². The van der Waals surface area contributed by atoms with E-state index in [1.807, 2.05) is 0 Å². The predicted molar refractivity (Wildman–Crippen MR) is 64.1 cm³/mol. The summed E-state index contributed by atoms with van der Waals surface area (Å²) >= 11 is 0. The minimum absolute atomic E-state index is 0.136. The van der Waals surface area contributed by atoms with Crippen molar-refractivity contribution < 1.29 is 18.5 Å². The zero-order valence-corrected chi connectivity index (χ0v) is 10.0. The van der Waals surface area contributed by atoms with Crippen molar-refractivity contribution in [1.82, 2.24) is 0 Å². The topological polar surface area (TPSA) is 60.2 Å². The minimum Gasteiger partial charge on any atom is -0.295 e. The van der Waals surface area contributed by atoms with E-state index in [0.29, 0.717) is 5.56 Å². The summed E-state index contributed by atoms with van der Waals surface area (Å²) in [6, 6.07) is 5.07. The highest BCUT2D eigenvalue weighted by Crippen LogP contribution is 2.62. The van der Waals surface area contributed by atoms with Crippen molar-refractivity contribution in [2.45, 2.75) is 18.8 Å². The number of nitro groups is 1. The Morgan fingerprint density at radius 3 is 2.42 bits per heavy atom. The molecular formula is C13H11F2NO3. The first-order valence-electron chi connectivity index (χ1n) is 5.65. The molecule has 0 amide bonds. The van der Waals surface area contributed by atoms with Gasteiger partial charge in [-0.1, -0.05) is 18.2 Å². The van der Waals surface area contributed by atoms with E-state index in [1.165, 1.54) is 37.3 Å². The van der Waals surface area contributed by atoms with Crippen LogP contribution in [0, 0.1) is 16.0 Å². The number of alkyl halides is 2. The summed E-state index contributed by atoms with van der Waals surface area (Å²) in [5.74, 6) is -5.21. The van der Waals surface area contributed by atoms with E-state index in [2.05, 4.69) is 0 Å². The maximum Gasteiger partial charge on any atom is 0.269 e. The van der Waals surface area contributed by atoms with Gasteiger partial charge in [0.1, 0.15) is 0 Å². The number of non-ortho nitro benzene ring substituents is 1. The smallest absolute Gasteiger partial charge is 0.269 e. The van der Waals surface area contributed by atoms with Gasteiger partial charge in [-0.05, 0) is 18.6 Å². The molecule has 0 aliphatic heterocycles. The van der Waals surface area contributed by atoms with Gasteiger partial charge >= 0.3 is 0 Å². The molecule has 0 saturated heterocycles. The van der Waals surface area contributed by atoms with Crippen molar-refractivity contribution in [3.63, 3.8) is 0 Å². The van der Waals surface area contributed by atoms with E-state index in [1.54, 1.807) is 0 Å². The SMILES string of the molecule is CC(=O)/C=C/[C@@H]1C(c2ccc([N+](=O)[O-])cc2)C1(F)F. The van der Waals surface area contributed by atoms with Crippen molar-refractivity contribution in [2.75, 3.05) is 0 Å². The molecule has 0 heterocycles. The normalized spacial score (nSPS) is 24.4. The van der Waals surface area contributed by atoms with Gasteiger partial charge in [0.15, 0.2) is 5.78 Å². The minimum atomic E-state index is -2.90. The molecule has 1 aliphatic rings. The van der Waals surface area contributed by atoms with Gasteiger partial charge in [0, 0.05) is 12.1 Å². The lowest BCUT2D eigenvalue weighted by Gasteiger charge is -1.98. The van der Waals surface area contributed by atoms with Gasteiger partial charge in [-0.3, -0.25) is 14.9 Å². The lowest BCUT2D eigenvalue weighted by atomic mass is 10.1. The largest absolute Gasteiger partial charge is 0.295 e. The highest BCUT2D eigenvalue weighted by molar-refractivity contribution is 5.87. The van der Waals surface area contributed by atoms with E-state index in [4.69, 9.17) is 0 Å². The lowest BCUT2D eigenvalue weighted by molar-refractivity contribution is -0.384. The quantitative estimate of drug-likeness (QED) is 0.478. The molecule has 19 heavy (non-hydrogen) atoms. The third-order valence-corrected chi connectivity index (χ3v) is 3.11. The predicted octanol–water partition coefficient (Wildman–Crippen LogP) is 3.09. The van der Waals surface area contributed by atoms with E-state index in [0.717, 1.165) is 6.08 Å². The Morgan fingerprint density at radius 1 is 1.37 bits per heavy atom. The third kappa shape index (κ3) is 2.52. The Labute approximate surface area is 107 Å². The van der Waals surface area contributed by atoms with Gasteiger partial charge < -0.3 is 0 Å². The van der Waals surface area contributed by atoms with Crippen molar-refractivity contribution in [2.24, 2.45) is 5.92 Å². The number of hydrogen-bond acceptors (Lipinski definition) is 3. The zero-order chi connectivity index (χ0) is 14.2. The lowest BCUT2D eigenvalue weighted by Crippen LogP contribution is -1.94. The Kier molecular flexibility index (Phi) is 3.18. The second-order valence-electron chi connectivity index (χ2n) is 4.50. The zero-order valence-electron chi connectivity index (χ0n) is 10.0. The van der Waals surface area contributed by atoms with Crippen LogP contribution in [-0.4, -0.2) is 16.6 Å². The molecule has 1 saturated carbocycles. The summed E-state index contributed by atoms with van der Waals surface area (Å²) < 4.78 is 27.1. The molecule has 4 nitrogen and oxygen atoms in total. The molecule has 100 valence electrons. The van der Waals surface area contributed by atoms with Gasteiger partial charge in [-0.25, -0.2) is 8.78 Å². The van der Waals surface area contributed by atoms with Crippen LogP contribution in [0.5, 0.6) is 0 Å². The fourth-order valence-electron chi connectivity index (χ4n) is 2.06. The number of allylic oxidation sites excluding steroid dienone is 2. The molecule has 2 rings (SSSR count). The first kappa shape index (κ1) is 13.3. The van der Waals surface area contributed by atoms with Gasteiger partial charge in [-0.15, -0.1) is 0 Å². The average molecular weight is 267 g/mol. The highest BCUT2D eigenvalue weighted by atomic mass is 19.3. The number of carbonyl (C=O) groups is 1. The molecule has 0 bridgehead atoms. The number of ketones is 1. The third-order valence-electron chi connectivity index (χ3n) is 3.11. The molecule has 1 aromatic rings. The second-order valence-corrected chi connectivity index (χ2v) is 4.50. The van der Waals surface area contributed by atoms with E-state index in [9.17, 15) is 23.7 Å². The Hall–Kier alpha value is -2.11. The monoisotopic (exact) mass is 267 g/mol. The van der Waals surface area contributed by atoms with E-state index >= 15 is 0 Å². The van der Waals surface area contributed by atoms with Crippen LogP contribution in [0.15, 0.2) is 36.4 Å². The fourth-order valence-corrected chi connectivity index (χ4v) is 2.06. The number of nitrogens with zero attached hydrogens (tertiary/aromatic N) is 1. The van der Waals surface area contributed by atoms with Gasteiger partial charge in [0.2, 0.25) is 0 Å². The van der Waals surface area contributed by atoms with Crippen LogP contribution in [0.2, 0.25) is 0 Å². The number of halogens is 2. The number of hydrogen-bond donors (Lipinski definition) is 0. The van der Waals surface area contributed by atoms with Crippen LogP contribution < -0.4 is 0 Å². The maximum atomic E-state index is 13.6. The summed E-state index contributed by atoms with van der Waals surface area (Å²) in [5, 5.41) is 10.5. The summed E-state index contributed by atoms with van der Waals surface area (Å²) in [7, 11) is 0. The molecule has 0 radical (unpaired) electrons. The van der Waals surface area contributed by atoms with Gasteiger partial charge in [0.05, 0.1) is 16.8 Å². The molecule has 1 aliphatic carbocycles. The first-order chi connectivity index (χ1) is 8.84. The maximum absolute atomic E-state index is 13.6. The molecular weight excluding hydrogens is 256 g/mol. The van der Waals surface area contributed by atoms with Crippen LogP contribution in [0.3, 0.4) is 0 Å². The number of benzene rings is 1. The second kappa shape index (κ2) is 4.53. The molecule has 0 aromatic heterocycles. The number of carbonyl (C=O) groups excluding carboxylic acids is 1. The van der Waals surface area contributed by atoms with Crippen molar-refractivity contribution in [3.8, 4) is 0 Å². The molecule has 2 atom stereocenters. The standard InChI is InChI=1S/C13H11F2NO3/c1-8(17)2-7-11-12(13(11,14)15)9-3-5-10(6-4-9)16(18)19/h2-7,11-12H,1H3/b7-2+/t11-,12?/m1/s1. The van der Waals surface area contributed by atoms with Gasteiger partial charge in [0.25, 0.3) is 11.6 Å². The molecule has 6 heteroatoms. The molecule has 0 spiro atoms. The average Bonchev–Trinajstić information content (AvgIpc) is 2.88. The molecule has 1 unspecified atom stereocenters. The molecule has 1 fully saturated rings. The van der Waals surface area contributed by atoms with Crippen LogP contribution in [0.4, 0.5) is 14.5 Å². The Balaban J connectivity index is 2.18. The Bertz CT molecular complexity index is 552. The van der Waals surface area contributed by atoms with Crippen molar-refractivity contribution >= 4 is 11.5 Å². The van der Waals surface area contributed by atoms with E-state index < -0.39 is 22.7 Å². The summed E-state index contributed by atoms with van der Waals surface area (Å²) in [6.45, 7) is 1.29. The number of nitro benzene ring substituents is 1. The van der Waals surface area contributed by atoms with Crippen molar-refractivity contribution in [1.29, 1.82) is 0 Å². The molecule has 0 N–H and O–H groups in total. The van der Waals surface area contributed by atoms with Crippen molar-refractivity contribution in [3.05, 3.63) is 52.1 Å². The number of rotatable bonds is 4. The van der Waals surface area contributed by atoms with Crippen LogP contribution in [0.1, 0.15) is 18.4 Å². The van der Waals surface area contributed by atoms with Crippen LogP contribution in [-0.2, 0) is 4.79 Å². The first-order valence-corrected chi connectivity index (χ1v) is 5.65. The highest BCUT2D eigenvalue weighted by Gasteiger charge is 2.67. The summed E-state index contributed by atoms with van der Waals surface area (Å²) in [5.41, 5.74) is 0.206. The summed E-state index contributed by atoms with van der Waals surface area (Å²) in [4.78, 5) is 20.6.